The number of aromatic nitrogens is 1. The fraction of sp³-hybridized carbons (Fsp3) is 0.174. The monoisotopic (exact) mass is 437 g/mol. The van der Waals surface area contributed by atoms with Gasteiger partial charge in [-0.05, 0) is 37.3 Å². The first kappa shape index (κ1) is 22.7. The van der Waals surface area contributed by atoms with Crippen molar-refractivity contribution in [1.82, 2.24) is 9.88 Å². The highest BCUT2D eigenvalue weighted by Crippen LogP contribution is 2.15. The number of hydrogen-bond donors (Lipinski definition) is 4. The smallest absolute Gasteiger partial charge is 0.276 e. The molecule has 0 aliphatic carbocycles. The number of nitrogens with two attached hydrogens (primary N) is 1. The second-order valence-corrected chi connectivity index (χ2v) is 6.87. The van der Waals surface area contributed by atoms with Crippen molar-refractivity contribution in [3.05, 3.63) is 94.2 Å². The van der Waals surface area contributed by atoms with Crippen molar-refractivity contribution in [3.8, 4) is 0 Å². The lowest BCUT2D eigenvalue weighted by Crippen LogP contribution is -2.38. The van der Waals surface area contributed by atoms with E-state index in [0.29, 0.717) is 0 Å². The number of amides is 1. The van der Waals surface area contributed by atoms with E-state index in [0.717, 1.165) is 11.8 Å². The Labute approximate surface area is 184 Å². The number of ether oxygens (including phenoxy) is 1. The summed E-state index contributed by atoms with van der Waals surface area (Å²) in [6.45, 7) is 1.77. The summed E-state index contributed by atoms with van der Waals surface area (Å²) in [5.41, 5.74) is 6.39. The molecule has 0 bridgehead atoms. The van der Waals surface area contributed by atoms with E-state index < -0.39 is 23.5 Å². The number of carbonyl (C=O) groups excluding carboxylic acids is 1. The van der Waals surface area contributed by atoms with Crippen LogP contribution < -0.4 is 21.9 Å². The molecule has 0 fully saturated rings. The molecule has 0 radical (unpaired) electrons. The van der Waals surface area contributed by atoms with Crippen LogP contribution in [0.1, 0.15) is 24.3 Å². The van der Waals surface area contributed by atoms with Crippen molar-refractivity contribution in [2.75, 3.05) is 11.9 Å². The number of benzene rings is 2. The molecule has 9 heteroatoms. The zero-order chi connectivity index (χ0) is 23.1. The average Bonchev–Trinajstić information content (AvgIpc) is 2.78. The third kappa shape index (κ3) is 5.38. The van der Waals surface area contributed by atoms with Crippen molar-refractivity contribution in [1.29, 1.82) is 5.41 Å². The number of pyridine rings is 1. The molecule has 1 aromatic heterocycles. The van der Waals surface area contributed by atoms with Crippen LogP contribution in [0.25, 0.3) is 0 Å². The number of hydrogen-bond acceptors (Lipinski definition) is 5. The molecule has 1 unspecified atom stereocenters. The molecule has 0 aliphatic rings. The van der Waals surface area contributed by atoms with Gasteiger partial charge in [-0.1, -0.05) is 30.3 Å². The lowest BCUT2D eigenvalue weighted by molar-refractivity contribution is -0.139. The van der Waals surface area contributed by atoms with Crippen LogP contribution in [0.4, 0.5) is 15.8 Å². The van der Waals surface area contributed by atoms with Crippen LogP contribution in [0.5, 0.6) is 0 Å². The molecule has 1 amide bonds. The maximum absolute atomic E-state index is 14.3. The van der Waals surface area contributed by atoms with Gasteiger partial charge in [0.05, 0.1) is 0 Å². The number of nitrogens with one attached hydrogen (secondary N) is 3. The molecular formula is C23H24FN5O3. The summed E-state index contributed by atoms with van der Waals surface area (Å²) in [6.07, 6.45) is 0.227. The molecule has 0 saturated heterocycles. The number of rotatable bonds is 9. The number of nitrogen functional groups attached to an aromatic ring is 1. The van der Waals surface area contributed by atoms with Crippen molar-refractivity contribution in [2.24, 2.45) is 5.73 Å². The van der Waals surface area contributed by atoms with Crippen molar-refractivity contribution >= 4 is 23.1 Å². The molecule has 32 heavy (non-hydrogen) atoms. The maximum Gasteiger partial charge on any atom is 0.276 e. The molecule has 8 nitrogen and oxygen atoms in total. The largest absolute Gasteiger partial charge is 0.384 e. The summed E-state index contributed by atoms with van der Waals surface area (Å²) < 4.78 is 21.0. The molecule has 1 atom stereocenters. The molecule has 0 aliphatic heterocycles. The predicted octanol–water partition coefficient (Wildman–Crippen LogP) is 2.87. The van der Waals surface area contributed by atoms with Crippen LogP contribution in [0, 0.1) is 11.2 Å². The standard InChI is InChI=1S/C23H24FN5O3/c1-2-32-23(21(30)27-14-16-11-10-15(20(25)26)13-18(16)24)29-12-6-9-19(22(29)31)28-17-7-4-3-5-8-17/h3-13,23,28H,2,14H2,1H3,(H3,25,26)(H,27,30). The van der Waals surface area contributed by atoms with Gasteiger partial charge in [-0.3, -0.25) is 19.6 Å². The predicted molar refractivity (Wildman–Crippen MR) is 120 cm³/mol. The minimum absolute atomic E-state index is 0.122. The van der Waals surface area contributed by atoms with E-state index in [4.69, 9.17) is 15.9 Å². The molecular weight excluding hydrogens is 413 g/mol. The van der Waals surface area contributed by atoms with Crippen LogP contribution >= 0.6 is 0 Å². The Bertz CT molecular complexity index is 1160. The summed E-state index contributed by atoms with van der Waals surface area (Å²) >= 11 is 0. The number of anilines is 2. The van der Waals surface area contributed by atoms with Gasteiger partial charge in [0.1, 0.15) is 17.3 Å². The van der Waals surface area contributed by atoms with Gasteiger partial charge in [0.15, 0.2) is 0 Å². The first-order chi connectivity index (χ1) is 15.4. The number of carbonyl (C=O) groups is 1. The molecule has 3 aromatic rings. The summed E-state index contributed by atoms with van der Waals surface area (Å²) in [5, 5.41) is 13.0. The summed E-state index contributed by atoms with van der Waals surface area (Å²) in [6, 6.07) is 16.5. The zero-order valence-electron chi connectivity index (χ0n) is 17.5. The third-order valence-corrected chi connectivity index (χ3v) is 4.65. The van der Waals surface area contributed by atoms with E-state index in [1.807, 2.05) is 30.3 Å². The Morgan fingerprint density at radius 2 is 1.94 bits per heavy atom. The van der Waals surface area contributed by atoms with Crippen molar-refractivity contribution in [2.45, 2.75) is 19.7 Å². The highest BCUT2D eigenvalue weighted by molar-refractivity contribution is 5.94. The Morgan fingerprint density at radius 1 is 1.19 bits per heavy atom. The topological polar surface area (TPSA) is 122 Å². The molecule has 3 rings (SSSR count). The van der Waals surface area contributed by atoms with Gasteiger partial charge in [-0.2, -0.15) is 0 Å². The lowest BCUT2D eigenvalue weighted by Gasteiger charge is -2.20. The van der Waals surface area contributed by atoms with E-state index in [1.54, 1.807) is 19.1 Å². The van der Waals surface area contributed by atoms with Gasteiger partial charge in [0.2, 0.25) is 6.23 Å². The van der Waals surface area contributed by atoms with Gasteiger partial charge >= 0.3 is 0 Å². The zero-order valence-corrected chi connectivity index (χ0v) is 17.5. The van der Waals surface area contributed by atoms with Crippen molar-refractivity contribution in [3.63, 3.8) is 0 Å². The Kier molecular flexibility index (Phi) is 7.35. The first-order valence-electron chi connectivity index (χ1n) is 9.96. The van der Waals surface area contributed by atoms with Gasteiger partial charge in [-0.15, -0.1) is 0 Å². The SMILES string of the molecule is CCOC(C(=O)NCc1ccc(C(=N)N)cc1F)n1cccc(Nc2ccccc2)c1=O. The minimum atomic E-state index is -1.23. The van der Waals surface area contributed by atoms with Crippen LogP contribution in [-0.4, -0.2) is 22.9 Å². The van der Waals surface area contributed by atoms with E-state index in [1.165, 1.54) is 22.9 Å². The van der Waals surface area contributed by atoms with Crippen LogP contribution in [0.2, 0.25) is 0 Å². The highest BCUT2D eigenvalue weighted by Gasteiger charge is 2.23. The van der Waals surface area contributed by atoms with E-state index in [9.17, 15) is 14.0 Å². The van der Waals surface area contributed by atoms with E-state index in [-0.39, 0.29) is 35.8 Å². The normalized spacial score (nSPS) is 11.6. The quantitative estimate of drug-likeness (QED) is 0.303. The highest BCUT2D eigenvalue weighted by atomic mass is 19.1. The average molecular weight is 437 g/mol. The Hall–Kier alpha value is -3.98. The third-order valence-electron chi connectivity index (χ3n) is 4.65. The second kappa shape index (κ2) is 10.4. The Balaban J connectivity index is 1.79. The lowest BCUT2D eigenvalue weighted by atomic mass is 10.1. The van der Waals surface area contributed by atoms with E-state index in [2.05, 4.69) is 10.6 Å². The number of nitrogens with zero attached hydrogens (tertiary/aromatic N) is 1. The van der Waals surface area contributed by atoms with Gasteiger partial charge < -0.3 is 21.1 Å². The Morgan fingerprint density at radius 3 is 2.59 bits per heavy atom. The summed E-state index contributed by atoms with van der Waals surface area (Å²) in [7, 11) is 0. The van der Waals surface area contributed by atoms with Gasteiger partial charge in [0.25, 0.3) is 11.5 Å². The minimum Gasteiger partial charge on any atom is -0.384 e. The molecule has 0 saturated carbocycles. The van der Waals surface area contributed by atoms with Crippen LogP contribution in [0.15, 0.2) is 71.7 Å². The second-order valence-electron chi connectivity index (χ2n) is 6.87. The van der Waals surface area contributed by atoms with Crippen LogP contribution in [-0.2, 0) is 16.1 Å². The first-order valence-corrected chi connectivity index (χ1v) is 9.96. The number of para-hydroxylation sites is 1. The molecule has 0 spiro atoms. The summed E-state index contributed by atoms with van der Waals surface area (Å²) in [4.78, 5) is 25.8. The maximum atomic E-state index is 14.3. The molecule has 2 aromatic carbocycles. The number of amidine groups is 1. The molecule has 5 N–H and O–H groups in total. The molecule has 1 heterocycles. The van der Waals surface area contributed by atoms with Crippen LogP contribution in [0.3, 0.4) is 0 Å². The van der Waals surface area contributed by atoms with Gasteiger partial charge in [-0.25, -0.2) is 4.39 Å². The fourth-order valence-electron chi connectivity index (χ4n) is 3.03. The summed E-state index contributed by atoms with van der Waals surface area (Å²) in [5.74, 6) is -1.45. The molecule has 166 valence electrons. The van der Waals surface area contributed by atoms with Crippen molar-refractivity contribution < 1.29 is 13.9 Å². The van der Waals surface area contributed by atoms with Gasteiger partial charge in [0, 0.05) is 36.2 Å². The fourth-order valence-corrected chi connectivity index (χ4v) is 3.03. The van der Waals surface area contributed by atoms with E-state index >= 15 is 0 Å². The number of halogens is 1.